The normalized spacial score (nSPS) is 22.4. The Morgan fingerprint density at radius 2 is 1.95 bits per heavy atom. The zero-order valence-corrected chi connectivity index (χ0v) is 12.8. The number of rotatable bonds is 7. The van der Waals surface area contributed by atoms with Crippen LogP contribution in [0.4, 0.5) is 0 Å². The van der Waals surface area contributed by atoms with Crippen molar-refractivity contribution in [1.29, 1.82) is 0 Å². The number of hydrogen-bond donors (Lipinski definition) is 1. The minimum atomic E-state index is 0.663. The molecule has 1 fully saturated rings. The lowest BCUT2D eigenvalue weighted by Crippen LogP contribution is -2.39. The number of ether oxygens (including phenoxy) is 1. The molecule has 1 aromatic rings. The maximum absolute atomic E-state index is 5.92. The fourth-order valence-corrected chi connectivity index (χ4v) is 3.33. The van der Waals surface area contributed by atoms with E-state index in [-0.39, 0.29) is 0 Å². The lowest BCUT2D eigenvalue weighted by molar-refractivity contribution is 0.162. The first-order valence-corrected chi connectivity index (χ1v) is 7.94. The van der Waals surface area contributed by atoms with Gasteiger partial charge in [-0.25, -0.2) is 0 Å². The van der Waals surface area contributed by atoms with Gasteiger partial charge in [-0.15, -0.1) is 0 Å². The van der Waals surface area contributed by atoms with Crippen LogP contribution in [-0.4, -0.2) is 30.6 Å². The third-order valence-electron chi connectivity index (χ3n) is 4.42. The first-order chi connectivity index (χ1) is 9.78. The Kier molecular flexibility index (Phi) is 5.86. The van der Waals surface area contributed by atoms with E-state index in [1.54, 1.807) is 0 Å². The highest BCUT2D eigenvalue weighted by molar-refractivity contribution is 5.27. The SMILES string of the molecule is CCOc1ccc(CN(CC)C2CCCC2CN)cc1. The fourth-order valence-electron chi connectivity index (χ4n) is 3.33. The second-order valence-electron chi connectivity index (χ2n) is 5.63. The highest BCUT2D eigenvalue weighted by Crippen LogP contribution is 2.30. The average Bonchev–Trinajstić information content (AvgIpc) is 2.95. The number of hydrogen-bond acceptors (Lipinski definition) is 3. The van der Waals surface area contributed by atoms with Gasteiger partial charge in [-0.3, -0.25) is 4.90 Å². The Labute approximate surface area is 123 Å². The molecule has 0 spiro atoms. The molecule has 0 aliphatic heterocycles. The van der Waals surface area contributed by atoms with Crippen LogP contribution in [0.5, 0.6) is 5.75 Å². The van der Waals surface area contributed by atoms with Gasteiger partial charge < -0.3 is 10.5 Å². The van der Waals surface area contributed by atoms with Gasteiger partial charge in [-0.1, -0.05) is 25.5 Å². The van der Waals surface area contributed by atoms with Crippen molar-refractivity contribution in [2.45, 2.75) is 45.7 Å². The van der Waals surface area contributed by atoms with E-state index in [0.29, 0.717) is 12.0 Å². The lowest BCUT2D eigenvalue weighted by Gasteiger charge is -2.31. The summed E-state index contributed by atoms with van der Waals surface area (Å²) in [4.78, 5) is 2.58. The van der Waals surface area contributed by atoms with Gasteiger partial charge >= 0.3 is 0 Å². The van der Waals surface area contributed by atoms with Crippen LogP contribution >= 0.6 is 0 Å². The van der Waals surface area contributed by atoms with Gasteiger partial charge in [0.25, 0.3) is 0 Å². The molecule has 2 atom stereocenters. The summed E-state index contributed by atoms with van der Waals surface area (Å²) < 4.78 is 5.50. The molecule has 1 saturated carbocycles. The van der Waals surface area contributed by atoms with Crippen LogP contribution in [0.15, 0.2) is 24.3 Å². The number of benzene rings is 1. The molecule has 0 aromatic heterocycles. The van der Waals surface area contributed by atoms with Crippen LogP contribution in [0.25, 0.3) is 0 Å². The van der Waals surface area contributed by atoms with E-state index >= 15 is 0 Å². The molecule has 0 amide bonds. The van der Waals surface area contributed by atoms with E-state index in [9.17, 15) is 0 Å². The van der Waals surface area contributed by atoms with Crippen molar-refractivity contribution in [1.82, 2.24) is 4.90 Å². The third-order valence-corrected chi connectivity index (χ3v) is 4.42. The third kappa shape index (κ3) is 3.74. The summed E-state index contributed by atoms with van der Waals surface area (Å²) in [6.45, 7) is 7.92. The predicted molar refractivity (Wildman–Crippen MR) is 83.9 cm³/mol. The van der Waals surface area contributed by atoms with Crippen molar-refractivity contribution in [3.8, 4) is 5.75 Å². The fraction of sp³-hybridized carbons (Fsp3) is 0.647. The minimum absolute atomic E-state index is 0.663. The van der Waals surface area contributed by atoms with Crippen molar-refractivity contribution in [3.63, 3.8) is 0 Å². The molecule has 2 rings (SSSR count). The van der Waals surface area contributed by atoms with Gasteiger partial charge in [0.2, 0.25) is 0 Å². The van der Waals surface area contributed by atoms with Crippen molar-refractivity contribution >= 4 is 0 Å². The second kappa shape index (κ2) is 7.65. The standard InChI is InChI=1S/C17H28N2O/c1-3-19(17-7-5-6-15(17)12-18)13-14-8-10-16(11-9-14)20-4-2/h8-11,15,17H,3-7,12-13,18H2,1-2H3. The molecule has 3 heteroatoms. The highest BCUT2D eigenvalue weighted by Gasteiger charge is 2.30. The van der Waals surface area contributed by atoms with Crippen molar-refractivity contribution in [2.24, 2.45) is 11.7 Å². The van der Waals surface area contributed by atoms with Crippen molar-refractivity contribution in [2.75, 3.05) is 19.7 Å². The van der Waals surface area contributed by atoms with E-state index in [1.165, 1.54) is 24.8 Å². The number of nitrogens with two attached hydrogens (primary N) is 1. The summed E-state index contributed by atoms with van der Waals surface area (Å²) in [5.41, 5.74) is 7.28. The van der Waals surface area contributed by atoms with Crippen LogP contribution < -0.4 is 10.5 Å². The van der Waals surface area contributed by atoms with Gasteiger partial charge in [0.05, 0.1) is 6.61 Å². The van der Waals surface area contributed by atoms with Crippen molar-refractivity contribution < 1.29 is 4.74 Å². The Morgan fingerprint density at radius 3 is 2.55 bits per heavy atom. The molecule has 1 aliphatic carbocycles. The van der Waals surface area contributed by atoms with E-state index in [1.807, 2.05) is 6.92 Å². The molecule has 1 aliphatic rings. The molecule has 1 aromatic carbocycles. The number of nitrogens with zero attached hydrogens (tertiary/aromatic N) is 1. The monoisotopic (exact) mass is 276 g/mol. The van der Waals surface area contributed by atoms with Gasteiger partial charge in [0, 0.05) is 12.6 Å². The van der Waals surface area contributed by atoms with Gasteiger partial charge in [0.1, 0.15) is 5.75 Å². The Bertz CT molecular complexity index is 390. The molecule has 0 bridgehead atoms. The molecule has 2 unspecified atom stereocenters. The van der Waals surface area contributed by atoms with Gasteiger partial charge in [-0.05, 0) is 56.5 Å². The topological polar surface area (TPSA) is 38.5 Å². The Morgan fingerprint density at radius 1 is 1.20 bits per heavy atom. The molecular weight excluding hydrogens is 248 g/mol. The summed E-state index contributed by atoms with van der Waals surface area (Å²) in [6, 6.07) is 9.17. The zero-order valence-electron chi connectivity index (χ0n) is 12.8. The van der Waals surface area contributed by atoms with E-state index in [0.717, 1.165) is 32.0 Å². The molecule has 0 saturated heterocycles. The smallest absolute Gasteiger partial charge is 0.119 e. The molecule has 20 heavy (non-hydrogen) atoms. The van der Waals surface area contributed by atoms with Crippen LogP contribution in [0.3, 0.4) is 0 Å². The van der Waals surface area contributed by atoms with Gasteiger partial charge in [0.15, 0.2) is 0 Å². The largest absolute Gasteiger partial charge is 0.494 e. The Hall–Kier alpha value is -1.06. The van der Waals surface area contributed by atoms with Crippen molar-refractivity contribution in [3.05, 3.63) is 29.8 Å². The summed E-state index contributed by atoms with van der Waals surface area (Å²) >= 11 is 0. The Balaban J connectivity index is 1.98. The van der Waals surface area contributed by atoms with Crippen LogP contribution in [0, 0.1) is 5.92 Å². The van der Waals surface area contributed by atoms with E-state index < -0.39 is 0 Å². The second-order valence-corrected chi connectivity index (χ2v) is 5.63. The molecule has 0 radical (unpaired) electrons. The van der Waals surface area contributed by atoms with E-state index in [4.69, 9.17) is 10.5 Å². The highest BCUT2D eigenvalue weighted by atomic mass is 16.5. The quantitative estimate of drug-likeness (QED) is 0.832. The molecule has 0 heterocycles. The zero-order chi connectivity index (χ0) is 14.4. The van der Waals surface area contributed by atoms with Crippen LogP contribution in [0.1, 0.15) is 38.7 Å². The molecule has 2 N–H and O–H groups in total. The molecule has 3 nitrogen and oxygen atoms in total. The maximum Gasteiger partial charge on any atom is 0.119 e. The summed E-state index contributed by atoms with van der Waals surface area (Å²) in [7, 11) is 0. The lowest BCUT2D eigenvalue weighted by atomic mass is 10.0. The predicted octanol–water partition coefficient (Wildman–Crippen LogP) is 3.03. The van der Waals surface area contributed by atoms with Gasteiger partial charge in [-0.2, -0.15) is 0 Å². The summed E-state index contributed by atoms with van der Waals surface area (Å²) in [6.07, 6.45) is 3.92. The molecular formula is C17H28N2O. The minimum Gasteiger partial charge on any atom is -0.494 e. The molecule has 112 valence electrons. The average molecular weight is 276 g/mol. The maximum atomic E-state index is 5.92. The summed E-state index contributed by atoms with van der Waals surface area (Å²) in [5.74, 6) is 1.64. The van der Waals surface area contributed by atoms with Crippen LogP contribution in [0.2, 0.25) is 0 Å². The van der Waals surface area contributed by atoms with Crippen LogP contribution in [-0.2, 0) is 6.54 Å². The summed E-state index contributed by atoms with van der Waals surface area (Å²) in [5, 5.41) is 0. The van der Waals surface area contributed by atoms with E-state index in [2.05, 4.69) is 36.1 Å². The first-order valence-electron chi connectivity index (χ1n) is 7.94. The first kappa shape index (κ1) is 15.3.